The maximum atomic E-state index is 12.1. The molecule has 0 spiro atoms. The molecule has 24 heavy (non-hydrogen) atoms. The van der Waals surface area contributed by atoms with Crippen molar-refractivity contribution >= 4 is 5.91 Å². The van der Waals surface area contributed by atoms with Crippen molar-refractivity contribution in [3.8, 4) is 11.5 Å². The van der Waals surface area contributed by atoms with Crippen LogP contribution in [-0.4, -0.2) is 30.1 Å². The number of rotatable bonds is 7. The van der Waals surface area contributed by atoms with Crippen molar-refractivity contribution in [1.29, 1.82) is 0 Å². The van der Waals surface area contributed by atoms with E-state index in [0.717, 1.165) is 17.0 Å². The molecule has 0 unspecified atom stereocenters. The molecule has 0 radical (unpaired) electrons. The van der Waals surface area contributed by atoms with Gasteiger partial charge in [-0.15, -0.1) is 0 Å². The smallest absolute Gasteiger partial charge is 0.224 e. The second-order valence-corrected chi connectivity index (χ2v) is 5.85. The molecule has 0 aliphatic heterocycles. The summed E-state index contributed by atoms with van der Waals surface area (Å²) in [5.74, 6) is 1.78. The van der Waals surface area contributed by atoms with Gasteiger partial charge in [0.15, 0.2) is 11.5 Å². The summed E-state index contributed by atoms with van der Waals surface area (Å²) >= 11 is 0. The van der Waals surface area contributed by atoms with Gasteiger partial charge in [-0.25, -0.2) is 9.97 Å². The summed E-state index contributed by atoms with van der Waals surface area (Å²) < 4.78 is 10.5. The maximum absolute atomic E-state index is 12.1. The number of aromatic nitrogens is 2. The quantitative estimate of drug-likeness (QED) is 0.844. The van der Waals surface area contributed by atoms with Crippen molar-refractivity contribution in [3.05, 3.63) is 47.5 Å². The Morgan fingerprint density at radius 2 is 1.96 bits per heavy atom. The second-order valence-electron chi connectivity index (χ2n) is 5.85. The summed E-state index contributed by atoms with van der Waals surface area (Å²) in [6, 6.07) is 7.45. The first-order valence-corrected chi connectivity index (χ1v) is 7.98. The minimum Gasteiger partial charge on any atom is -0.493 e. The molecule has 1 heterocycles. The van der Waals surface area contributed by atoms with Gasteiger partial charge in [0.25, 0.3) is 0 Å². The molecule has 3 rings (SSSR count). The summed E-state index contributed by atoms with van der Waals surface area (Å²) in [5, 5.41) is 2.90. The zero-order valence-corrected chi connectivity index (χ0v) is 13.9. The van der Waals surface area contributed by atoms with Crippen molar-refractivity contribution in [2.75, 3.05) is 14.2 Å². The molecule has 1 aromatic carbocycles. The van der Waals surface area contributed by atoms with Gasteiger partial charge in [-0.3, -0.25) is 4.79 Å². The van der Waals surface area contributed by atoms with E-state index in [9.17, 15) is 4.79 Å². The van der Waals surface area contributed by atoms with Crippen LogP contribution in [0.5, 0.6) is 11.5 Å². The lowest BCUT2D eigenvalue weighted by Gasteiger charge is -2.10. The normalized spacial score (nSPS) is 13.4. The Morgan fingerprint density at radius 3 is 2.67 bits per heavy atom. The fourth-order valence-electron chi connectivity index (χ4n) is 2.54. The summed E-state index contributed by atoms with van der Waals surface area (Å²) in [7, 11) is 3.16. The molecule has 1 aromatic heterocycles. The van der Waals surface area contributed by atoms with Crippen molar-refractivity contribution < 1.29 is 14.3 Å². The van der Waals surface area contributed by atoms with E-state index < -0.39 is 0 Å². The molecule has 2 aromatic rings. The van der Waals surface area contributed by atoms with Gasteiger partial charge in [0.05, 0.1) is 32.9 Å². The zero-order valence-electron chi connectivity index (χ0n) is 13.9. The lowest BCUT2D eigenvalue weighted by Crippen LogP contribution is -2.25. The van der Waals surface area contributed by atoms with E-state index in [1.54, 1.807) is 26.6 Å². The molecule has 1 saturated carbocycles. The van der Waals surface area contributed by atoms with Crippen molar-refractivity contribution in [2.45, 2.75) is 31.7 Å². The summed E-state index contributed by atoms with van der Waals surface area (Å²) in [4.78, 5) is 20.6. The predicted molar refractivity (Wildman–Crippen MR) is 89.1 cm³/mol. The molecular weight excluding hydrogens is 306 g/mol. The fraction of sp³-hybridized carbons (Fsp3) is 0.389. The van der Waals surface area contributed by atoms with Crippen LogP contribution in [0.3, 0.4) is 0 Å². The van der Waals surface area contributed by atoms with Crippen molar-refractivity contribution in [1.82, 2.24) is 15.3 Å². The molecule has 1 amide bonds. The predicted octanol–water partition coefficient (Wildman–Crippen LogP) is 2.23. The molecular formula is C18H21N3O3. The van der Waals surface area contributed by atoms with E-state index in [1.165, 1.54) is 12.8 Å². The fourth-order valence-corrected chi connectivity index (χ4v) is 2.54. The third kappa shape index (κ3) is 4.01. The van der Waals surface area contributed by atoms with E-state index >= 15 is 0 Å². The van der Waals surface area contributed by atoms with E-state index in [-0.39, 0.29) is 12.3 Å². The highest BCUT2D eigenvalue weighted by molar-refractivity contribution is 5.78. The summed E-state index contributed by atoms with van der Waals surface area (Å²) in [6.45, 7) is 0.411. The maximum Gasteiger partial charge on any atom is 0.224 e. The van der Waals surface area contributed by atoms with Crippen LogP contribution >= 0.6 is 0 Å². The van der Waals surface area contributed by atoms with Gasteiger partial charge in [0, 0.05) is 11.6 Å². The molecule has 6 nitrogen and oxygen atoms in total. The van der Waals surface area contributed by atoms with Gasteiger partial charge >= 0.3 is 0 Å². The van der Waals surface area contributed by atoms with E-state index in [2.05, 4.69) is 15.3 Å². The molecule has 0 bridgehead atoms. The highest BCUT2D eigenvalue weighted by Crippen LogP contribution is 2.38. The van der Waals surface area contributed by atoms with Crippen LogP contribution in [0, 0.1) is 0 Å². The minimum atomic E-state index is -0.0613. The molecule has 1 aliphatic rings. The van der Waals surface area contributed by atoms with Crippen LogP contribution in [0.4, 0.5) is 0 Å². The van der Waals surface area contributed by atoms with Gasteiger partial charge in [-0.05, 0) is 36.6 Å². The molecule has 6 heteroatoms. The number of amides is 1. The SMILES string of the molecule is COc1ccc(CC(=O)NCc2cc(C3CC3)ncn2)cc1OC. The summed E-state index contributed by atoms with van der Waals surface area (Å²) in [6.07, 6.45) is 4.24. The Morgan fingerprint density at radius 1 is 1.17 bits per heavy atom. The second kappa shape index (κ2) is 7.29. The highest BCUT2D eigenvalue weighted by Gasteiger charge is 2.25. The first kappa shape index (κ1) is 16.2. The number of methoxy groups -OCH3 is 2. The van der Waals surface area contributed by atoms with E-state index in [0.29, 0.717) is 24.0 Å². The summed E-state index contributed by atoms with van der Waals surface area (Å²) in [5.41, 5.74) is 2.79. The van der Waals surface area contributed by atoms with Gasteiger partial charge in [-0.1, -0.05) is 6.07 Å². The first-order chi connectivity index (χ1) is 11.7. The van der Waals surface area contributed by atoms with Crippen LogP contribution in [0.2, 0.25) is 0 Å². The number of ether oxygens (including phenoxy) is 2. The topological polar surface area (TPSA) is 73.3 Å². The van der Waals surface area contributed by atoms with E-state index in [1.807, 2.05) is 18.2 Å². The molecule has 126 valence electrons. The number of nitrogens with one attached hydrogen (secondary N) is 1. The Kier molecular flexibility index (Phi) is 4.93. The molecule has 1 fully saturated rings. The Bertz CT molecular complexity index is 729. The van der Waals surface area contributed by atoms with Gasteiger partial charge in [-0.2, -0.15) is 0 Å². The number of nitrogens with zero attached hydrogens (tertiary/aromatic N) is 2. The van der Waals surface area contributed by atoms with Gasteiger partial charge < -0.3 is 14.8 Å². The van der Waals surface area contributed by atoms with Gasteiger partial charge in [0.2, 0.25) is 5.91 Å². The monoisotopic (exact) mass is 327 g/mol. The van der Waals surface area contributed by atoms with Crippen LogP contribution in [-0.2, 0) is 17.8 Å². The lowest BCUT2D eigenvalue weighted by atomic mass is 10.1. The molecule has 0 atom stereocenters. The average molecular weight is 327 g/mol. The zero-order chi connectivity index (χ0) is 16.9. The van der Waals surface area contributed by atoms with E-state index in [4.69, 9.17) is 9.47 Å². The Hall–Kier alpha value is -2.63. The molecule has 1 N–H and O–H groups in total. The number of carbonyl (C=O) groups is 1. The Balaban J connectivity index is 1.56. The minimum absolute atomic E-state index is 0.0613. The largest absolute Gasteiger partial charge is 0.493 e. The number of hydrogen-bond acceptors (Lipinski definition) is 5. The van der Waals surface area contributed by atoms with Crippen LogP contribution in [0.15, 0.2) is 30.6 Å². The molecule has 0 saturated heterocycles. The third-order valence-electron chi connectivity index (χ3n) is 4.02. The number of benzene rings is 1. The first-order valence-electron chi connectivity index (χ1n) is 7.98. The lowest BCUT2D eigenvalue weighted by molar-refractivity contribution is -0.120. The van der Waals surface area contributed by atoms with Crippen molar-refractivity contribution in [2.24, 2.45) is 0 Å². The van der Waals surface area contributed by atoms with Crippen LogP contribution in [0.25, 0.3) is 0 Å². The number of carbonyl (C=O) groups excluding carboxylic acids is 1. The van der Waals surface area contributed by atoms with Crippen LogP contribution in [0.1, 0.15) is 35.7 Å². The van der Waals surface area contributed by atoms with Crippen LogP contribution < -0.4 is 14.8 Å². The van der Waals surface area contributed by atoms with Gasteiger partial charge in [0.1, 0.15) is 6.33 Å². The average Bonchev–Trinajstić information content (AvgIpc) is 3.45. The molecule has 1 aliphatic carbocycles. The standard InChI is InChI=1S/C18H21N3O3/c1-23-16-6-3-12(7-17(16)24-2)8-18(22)19-10-14-9-15(13-4-5-13)21-11-20-14/h3,6-7,9,11,13H,4-5,8,10H2,1-2H3,(H,19,22). The van der Waals surface area contributed by atoms with Crippen molar-refractivity contribution in [3.63, 3.8) is 0 Å². The highest BCUT2D eigenvalue weighted by atomic mass is 16.5. The third-order valence-corrected chi connectivity index (χ3v) is 4.02. The Labute approximate surface area is 141 Å². The number of hydrogen-bond donors (Lipinski definition) is 1.